The molecule has 137 heavy (non-hydrogen) atoms. The molecule has 0 fully saturated rings. The van der Waals surface area contributed by atoms with Crippen LogP contribution in [0.5, 0.6) is 46.0 Å². The number of benzene rings is 21. The number of rotatable bonds is 14. The van der Waals surface area contributed by atoms with Crippen molar-refractivity contribution in [1.82, 2.24) is 13.7 Å². The van der Waals surface area contributed by atoms with Gasteiger partial charge in [-0.15, -0.1) is 0 Å². The summed E-state index contributed by atoms with van der Waals surface area (Å²) in [6, 6.07) is 181. The molecule has 0 spiro atoms. The van der Waals surface area contributed by atoms with Gasteiger partial charge in [0.2, 0.25) is 0 Å². The van der Waals surface area contributed by atoms with E-state index in [1.54, 1.807) is 0 Å². The molecule has 0 saturated carbocycles. The Morgan fingerprint density at radius 2 is 0.496 bits per heavy atom. The molecule has 2 aliphatic heterocycles. The molecule has 21 aromatic carbocycles. The lowest BCUT2D eigenvalue weighted by atomic mass is 9.67. The van der Waals surface area contributed by atoms with E-state index in [2.05, 4.69) is 478 Å². The third-order valence-corrected chi connectivity index (χ3v) is 28.3. The smallest absolute Gasteiger partial charge is 0.178 e. The molecule has 0 bridgehead atoms. The number of anilines is 6. The average molecular weight is 1760 g/mol. The summed E-state index contributed by atoms with van der Waals surface area (Å²) in [5.74, 6) is 5.78. The van der Waals surface area contributed by atoms with Crippen molar-refractivity contribution in [1.29, 1.82) is 0 Å². The fourth-order valence-electron chi connectivity index (χ4n) is 22.5. The molecule has 0 amide bonds. The Bertz CT molecular complexity index is 8800. The van der Waals surface area contributed by atoms with Crippen molar-refractivity contribution >= 4 is 99.5 Å². The summed E-state index contributed by atoms with van der Waals surface area (Å²) in [4.78, 5) is 4.73. The van der Waals surface area contributed by atoms with Crippen molar-refractivity contribution < 1.29 is 18.9 Å². The molecule has 28 rings (SSSR count). The van der Waals surface area contributed by atoms with E-state index in [-0.39, 0.29) is 0 Å². The largest absolute Gasteiger partial charge is 0.449 e. The van der Waals surface area contributed by atoms with E-state index in [1.807, 2.05) is 48.5 Å². The van der Waals surface area contributed by atoms with Gasteiger partial charge in [-0.05, 0) is 243 Å². The Morgan fingerprint density at radius 3 is 0.985 bits per heavy atom. The summed E-state index contributed by atoms with van der Waals surface area (Å²) in [5.41, 5.74) is 31.5. The van der Waals surface area contributed by atoms with E-state index in [0.29, 0.717) is 23.0 Å². The number of ether oxygens (including phenoxy) is 4. The van der Waals surface area contributed by atoms with E-state index < -0.39 is 10.8 Å². The molecule has 0 saturated heterocycles. The van der Waals surface area contributed by atoms with Crippen molar-refractivity contribution in [2.75, 3.05) is 9.80 Å². The van der Waals surface area contributed by atoms with Gasteiger partial charge in [0, 0.05) is 94.6 Å². The van der Waals surface area contributed by atoms with E-state index in [0.717, 1.165) is 135 Å². The molecule has 9 heteroatoms. The molecule has 0 radical (unpaired) electrons. The highest BCUT2D eigenvalue weighted by Crippen LogP contribution is 2.65. The predicted molar refractivity (Wildman–Crippen MR) is 558 cm³/mol. The van der Waals surface area contributed by atoms with Crippen molar-refractivity contribution in [2.24, 2.45) is 0 Å². The SMILES string of the molecule is c1ccc(-c2ccc(N(c3ccc(-n4c5ccccc5c5ccccc54)cc3)c3ccc4c5cc(C6(c7ccccc7)c7ccccc7-c7c6ccc6c7Oc7ccccc7O6)ccc5n(-c5ccccc5)c4c3)cc2)cc1.c1ccc(N(c2ccccc2)c2ccc3c4ccc(C5(c6ccccc6)c6ccccc6-c6c5ccc5c6Oc6ccccc6O5)cc4n(-c4ccccc4)c3c2)cc1. The quantitative estimate of drug-likeness (QED) is 0.108. The van der Waals surface area contributed by atoms with Crippen LogP contribution >= 0.6 is 0 Å². The molecule has 3 aromatic heterocycles. The Morgan fingerprint density at radius 1 is 0.175 bits per heavy atom. The summed E-state index contributed by atoms with van der Waals surface area (Å²) in [5, 5.41) is 7.20. The van der Waals surface area contributed by atoms with Crippen LogP contribution in [0.2, 0.25) is 0 Å². The Kier molecular flexibility index (Phi) is 18.3. The van der Waals surface area contributed by atoms with E-state index >= 15 is 0 Å². The number of hydrogen-bond donors (Lipinski definition) is 0. The highest BCUT2D eigenvalue weighted by molar-refractivity contribution is 6.14. The Labute approximate surface area is 791 Å². The van der Waals surface area contributed by atoms with Gasteiger partial charge in [-0.1, -0.05) is 328 Å². The van der Waals surface area contributed by atoms with Crippen LogP contribution in [0, 0.1) is 0 Å². The van der Waals surface area contributed by atoms with E-state index in [4.69, 9.17) is 18.9 Å². The van der Waals surface area contributed by atoms with Crippen LogP contribution in [0.1, 0.15) is 44.5 Å². The highest BCUT2D eigenvalue weighted by Gasteiger charge is 2.51. The zero-order valence-corrected chi connectivity index (χ0v) is 74.3. The second-order valence-corrected chi connectivity index (χ2v) is 35.6. The van der Waals surface area contributed by atoms with Crippen LogP contribution < -0.4 is 28.7 Å². The number of nitrogens with zero attached hydrogens (tertiary/aromatic N) is 5. The average Bonchev–Trinajstić information content (AvgIpc) is 1.52. The maximum Gasteiger partial charge on any atom is 0.178 e. The van der Waals surface area contributed by atoms with Gasteiger partial charge in [0.15, 0.2) is 46.0 Å². The van der Waals surface area contributed by atoms with Crippen LogP contribution in [-0.4, -0.2) is 13.7 Å². The van der Waals surface area contributed by atoms with Gasteiger partial charge in [-0.2, -0.15) is 0 Å². The monoisotopic (exact) mass is 1750 g/mol. The highest BCUT2D eigenvalue weighted by atomic mass is 16.6. The standard InChI is InChI=1S/C73H47N3O2.C55H36N2O2/c1-4-18-48(19-5-1)49-32-35-53(36-33-49)74(54-37-39-55(40-38-54)75-64-28-14-11-24-57(64)58-25-12-15-29-65(58)75)56-41-42-59-61-46-51(34-44-66(61)76(67(59)47-56)52-22-8-3-9-23-52)73(50-20-6-2-7-21-50)62-27-13-10-26-60(62)71-63(73)43-45-70-72(71)78-69-31-17-16-30-68(69)77-70;1-5-17-37(18-6-1)55(46-26-14-13-25-45(46)53-47(55)33-34-52-54(53)59-51-28-16-15-27-50(51)58-52)38-29-31-43-44-32-30-42(36-49(44)57(48(43)35-38)41-23-11-4-12-24-41)56(39-19-7-2-8-20-39)40-21-9-3-10-22-40/h1-47H;1-36H. The van der Waals surface area contributed by atoms with Gasteiger partial charge in [0.1, 0.15) is 0 Å². The lowest BCUT2D eigenvalue weighted by molar-refractivity contribution is 0.360. The van der Waals surface area contributed by atoms with Crippen LogP contribution in [-0.2, 0) is 10.8 Å². The molecule has 24 aromatic rings. The van der Waals surface area contributed by atoms with Crippen LogP contribution in [0.15, 0.2) is 504 Å². The zero-order chi connectivity index (χ0) is 90.2. The molecule has 2 unspecified atom stereocenters. The maximum absolute atomic E-state index is 6.86. The molecule has 9 nitrogen and oxygen atoms in total. The fourth-order valence-corrected chi connectivity index (χ4v) is 22.5. The van der Waals surface area contributed by atoms with Gasteiger partial charge < -0.3 is 42.4 Å². The molecule has 2 aliphatic carbocycles. The summed E-state index contributed by atoms with van der Waals surface area (Å²) in [6.07, 6.45) is 0. The van der Waals surface area contributed by atoms with Gasteiger partial charge in [0.25, 0.3) is 0 Å². The van der Waals surface area contributed by atoms with Crippen molar-refractivity contribution in [3.63, 3.8) is 0 Å². The first kappa shape index (κ1) is 78.6. The first-order chi connectivity index (χ1) is 68.0. The molecule has 2 atom stereocenters. The molecule has 644 valence electrons. The summed E-state index contributed by atoms with van der Waals surface area (Å²) in [7, 11) is 0. The Balaban J connectivity index is 0.000000144. The van der Waals surface area contributed by atoms with Crippen molar-refractivity contribution in [2.45, 2.75) is 10.8 Å². The summed E-state index contributed by atoms with van der Waals surface area (Å²) >= 11 is 0. The van der Waals surface area contributed by atoms with Gasteiger partial charge >= 0.3 is 0 Å². The summed E-state index contributed by atoms with van der Waals surface area (Å²) in [6.45, 7) is 0. The lowest BCUT2D eigenvalue weighted by Gasteiger charge is -2.34. The second-order valence-electron chi connectivity index (χ2n) is 35.6. The maximum atomic E-state index is 6.86. The van der Waals surface area contributed by atoms with Gasteiger partial charge in [0.05, 0.1) is 43.9 Å². The van der Waals surface area contributed by atoms with Crippen LogP contribution in [0.25, 0.3) is 116 Å². The van der Waals surface area contributed by atoms with E-state index in [1.165, 1.54) is 82.5 Å². The lowest BCUT2D eigenvalue weighted by Crippen LogP contribution is -2.28. The molecule has 0 N–H and O–H groups in total. The first-order valence-electron chi connectivity index (χ1n) is 46.7. The van der Waals surface area contributed by atoms with Crippen molar-refractivity contribution in [3.8, 4) is 96.4 Å². The molecule has 5 heterocycles. The number of fused-ring (bicyclic) bond motifs is 21. The molecular weight excluding hydrogens is 1670 g/mol. The number of para-hydroxylation sites is 10. The third kappa shape index (κ3) is 12.3. The Hall–Kier alpha value is -18.2. The van der Waals surface area contributed by atoms with Crippen LogP contribution in [0.4, 0.5) is 34.1 Å². The minimum absolute atomic E-state index is 0.655. The fraction of sp³-hybridized carbons (Fsp3) is 0.0156. The zero-order valence-electron chi connectivity index (χ0n) is 74.3. The minimum Gasteiger partial charge on any atom is -0.449 e. The molecular formula is C128H83N5O4. The van der Waals surface area contributed by atoms with E-state index in [9.17, 15) is 0 Å². The van der Waals surface area contributed by atoms with Gasteiger partial charge in [-0.3, -0.25) is 0 Å². The van der Waals surface area contributed by atoms with Crippen LogP contribution in [0.3, 0.4) is 0 Å². The predicted octanol–water partition coefficient (Wildman–Crippen LogP) is 33.8. The third-order valence-electron chi connectivity index (χ3n) is 28.3. The van der Waals surface area contributed by atoms with Crippen molar-refractivity contribution in [3.05, 3.63) is 548 Å². The second kappa shape index (κ2) is 31.8. The normalized spacial score (nSPS) is 14.4. The molecule has 4 aliphatic rings. The minimum atomic E-state index is -0.689. The van der Waals surface area contributed by atoms with Gasteiger partial charge in [-0.25, -0.2) is 0 Å². The number of hydrogen-bond acceptors (Lipinski definition) is 6. The number of aromatic nitrogens is 3. The summed E-state index contributed by atoms with van der Waals surface area (Å²) < 4.78 is 34.0. The first-order valence-corrected chi connectivity index (χ1v) is 46.7. The topological polar surface area (TPSA) is 58.2 Å².